The molecule has 0 saturated heterocycles. The molecule has 0 aliphatic carbocycles. The van der Waals surface area contributed by atoms with E-state index >= 15 is 0 Å². The molecule has 4 rings (SSSR count). The summed E-state index contributed by atoms with van der Waals surface area (Å²) in [5.74, 6) is -0.306. The number of aromatic nitrogens is 4. The number of nitro groups is 1. The maximum absolute atomic E-state index is 12.6. The van der Waals surface area contributed by atoms with E-state index in [0.717, 1.165) is 22.5 Å². The first-order chi connectivity index (χ1) is 14.1. The molecule has 1 N–H and O–H groups in total. The normalized spacial score (nSPS) is 10.9. The van der Waals surface area contributed by atoms with Gasteiger partial charge in [0.05, 0.1) is 11.5 Å². The van der Waals surface area contributed by atoms with Crippen molar-refractivity contribution in [1.29, 1.82) is 0 Å². The summed E-state index contributed by atoms with van der Waals surface area (Å²) in [6.45, 7) is 2.63. The molecule has 0 fully saturated rings. The van der Waals surface area contributed by atoms with Gasteiger partial charge in [0.25, 0.3) is 5.91 Å². The highest BCUT2D eigenvalue weighted by Gasteiger charge is 2.26. The molecular formula is C20H18N6O3. The lowest BCUT2D eigenvalue weighted by atomic mass is 10.0. The molecule has 2 aromatic heterocycles. The topological polar surface area (TPSA) is 108 Å². The summed E-state index contributed by atoms with van der Waals surface area (Å²) in [6, 6.07) is 15.8. The fraction of sp³-hybridized carbons (Fsp3) is 0.150. The SMILES string of the molecule is CCn1ncc([N+](=O)[O-])c1C(=O)Nc1ccn(Cc2cccc3ccccc23)n1. The average Bonchev–Trinajstić information content (AvgIpc) is 3.35. The molecule has 4 aromatic rings. The van der Waals surface area contributed by atoms with Crippen LogP contribution in [0.1, 0.15) is 23.0 Å². The molecule has 146 valence electrons. The van der Waals surface area contributed by atoms with Gasteiger partial charge in [-0.15, -0.1) is 0 Å². The molecule has 0 aliphatic rings. The van der Waals surface area contributed by atoms with Gasteiger partial charge < -0.3 is 5.32 Å². The molecular weight excluding hydrogens is 372 g/mol. The molecule has 2 heterocycles. The molecule has 0 aliphatic heterocycles. The van der Waals surface area contributed by atoms with E-state index in [1.165, 1.54) is 4.68 Å². The third-order valence-corrected chi connectivity index (χ3v) is 4.63. The maximum atomic E-state index is 12.6. The Balaban J connectivity index is 1.55. The van der Waals surface area contributed by atoms with E-state index in [2.05, 4.69) is 33.7 Å². The van der Waals surface area contributed by atoms with Crippen LogP contribution < -0.4 is 5.32 Å². The number of hydrogen-bond acceptors (Lipinski definition) is 5. The minimum absolute atomic E-state index is 0.0962. The number of nitrogens with one attached hydrogen (secondary N) is 1. The highest BCUT2D eigenvalue weighted by Crippen LogP contribution is 2.21. The van der Waals surface area contributed by atoms with Gasteiger partial charge in [-0.3, -0.25) is 24.3 Å². The van der Waals surface area contributed by atoms with Crippen LogP contribution in [0.5, 0.6) is 0 Å². The van der Waals surface area contributed by atoms with E-state index in [9.17, 15) is 14.9 Å². The zero-order valence-corrected chi connectivity index (χ0v) is 15.6. The predicted molar refractivity (Wildman–Crippen MR) is 108 cm³/mol. The van der Waals surface area contributed by atoms with Crippen LogP contribution in [0.15, 0.2) is 60.9 Å². The smallest absolute Gasteiger partial charge is 0.304 e. The second-order valence-electron chi connectivity index (χ2n) is 6.44. The highest BCUT2D eigenvalue weighted by molar-refractivity contribution is 6.05. The van der Waals surface area contributed by atoms with Gasteiger partial charge in [-0.2, -0.15) is 10.2 Å². The monoisotopic (exact) mass is 390 g/mol. The Morgan fingerprint density at radius 3 is 2.76 bits per heavy atom. The number of benzene rings is 2. The van der Waals surface area contributed by atoms with Crippen molar-refractivity contribution in [1.82, 2.24) is 19.6 Å². The molecule has 0 spiro atoms. The van der Waals surface area contributed by atoms with Crippen molar-refractivity contribution in [2.24, 2.45) is 0 Å². The Labute approximate surface area is 165 Å². The molecule has 1 amide bonds. The Morgan fingerprint density at radius 1 is 1.17 bits per heavy atom. The third kappa shape index (κ3) is 3.57. The van der Waals surface area contributed by atoms with Gasteiger partial charge in [0, 0.05) is 18.8 Å². The van der Waals surface area contributed by atoms with E-state index in [4.69, 9.17) is 0 Å². The Morgan fingerprint density at radius 2 is 1.97 bits per heavy atom. The summed E-state index contributed by atoms with van der Waals surface area (Å²) in [5, 5.41) is 24.4. The van der Waals surface area contributed by atoms with Crippen molar-refractivity contribution >= 4 is 28.2 Å². The first-order valence-electron chi connectivity index (χ1n) is 9.08. The van der Waals surface area contributed by atoms with E-state index in [0.29, 0.717) is 18.9 Å². The Hall–Kier alpha value is -4.01. The third-order valence-electron chi connectivity index (χ3n) is 4.63. The first-order valence-corrected chi connectivity index (χ1v) is 9.08. The van der Waals surface area contributed by atoms with Crippen LogP contribution in [-0.2, 0) is 13.1 Å². The van der Waals surface area contributed by atoms with Gasteiger partial charge in [-0.1, -0.05) is 42.5 Å². The molecule has 9 nitrogen and oxygen atoms in total. The zero-order valence-electron chi connectivity index (χ0n) is 15.6. The summed E-state index contributed by atoms with van der Waals surface area (Å²) in [5.41, 5.74) is 0.671. The molecule has 0 saturated carbocycles. The van der Waals surface area contributed by atoms with Crippen molar-refractivity contribution in [3.8, 4) is 0 Å². The highest BCUT2D eigenvalue weighted by atomic mass is 16.6. The Bertz CT molecular complexity index is 1200. The van der Waals surface area contributed by atoms with Crippen LogP contribution in [0.25, 0.3) is 10.8 Å². The summed E-state index contributed by atoms with van der Waals surface area (Å²) >= 11 is 0. The number of nitrogens with zero attached hydrogens (tertiary/aromatic N) is 5. The van der Waals surface area contributed by atoms with Gasteiger partial charge in [0.15, 0.2) is 5.82 Å². The summed E-state index contributed by atoms with van der Waals surface area (Å²) in [6.07, 6.45) is 2.83. The fourth-order valence-electron chi connectivity index (χ4n) is 3.28. The summed E-state index contributed by atoms with van der Waals surface area (Å²) in [4.78, 5) is 23.2. The number of anilines is 1. The maximum Gasteiger partial charge on any atom is 0.320 e. The molecule has 29 heavy (non-hydrogen) atoms. The van der Waals surface area contributed by atoms with Gasteiger partial charge in [-0.25, -0.2) is 0 Å². The average molecular weight is 390 g/mol. The molecule has 9 heteroatoms. The number of aryl methyl sites for hydroxylation is 1. The van der Waals surface area contributed by atoms with Crippen LogP contribution in [0.4, 0.5) is 11.5 Å². The van der Waals surface area contributed by atoms with E-state index < -0.39 is 10.8 Å². The molecule has 0 unspecified atom stereocenters. The summed E-state index contributed by atoms with van der Waals surface area (Å²) in [7, 11) is 0. The van der Waals surface area contributed by atoms with E-state index in [1.54, 1.807) is 23.9 Å². The van der Waals surface area contributed by atoms with Crippen molar-refractivity contribution in [3.05, 3.63) is 82.3 Å². The zero-order chi connectivity index (χ0) is 20.4. The van der Waals surface area contributed by atoms with E-state index in [1.807, 2.05) is 24.3 Å². The lowest BCUT2D eigenvalue weighted by Gasteiger charge is -2.07. The first kappa shape index (κ1) is 18.4. The van der Waals surface area contributed by atoms with Crippen LogP contribution >= 0.6 is 0 Å². The quantitative estimate of drug-likeness (QED) is 0.401. The lowest BCUT2D eigenvalue weighted by Crippen LogP contribution is -2.19. The van der Waals surface area contributed by atoms with Gasteiger partial charge >= 0.3 is 5.69 Å². The summed E-state index contributed by atoms with van der Waals surface area (Å²) < 4.78 is 3.00. The van der Waals surface area contributed by atoms with Crippen LogP contribution in [0, 0.1) is 10.1 Å². The second kappa shape index (κ2) is 7.55. The molecule has 0 bridgehead atoms. The number of carbonyl (C=O) groups is 1. The van der Waals surface area contributed by atoms with Crippen molar-refractivity contribution in [2.45, 2.75) is 20.0 Å². The molecule has 0 atom stereocenters. The molecule has 0 radical (unpaired) electrons. The van der Waals surface area contributed by atoms with Gasteiger partial charge in [0.2, 0.25) is 5.69 Å². The van der Waals surface area contributed by atoms with Crippen molar-refractivity contribution in [2.75, 3.05) is 5.32 Å². The minimum Gasteiger partial charge on any atom is -0.304 e. The number of amides is 1. The van der Waals surface area contributed by atoms with Crippen LogP contribution in [-0.4, -0.2) is 30.4 Å². The number of hydrogen-bond donors (Lipinski definition) is 1. The number of carbonyl (C=O) groups excluding carboxylic acids is 1. The minimum atomic E-state index is -0.619. The van der Waals surface area contributed by atoms with Crippen LogP contribution in [0.3, 0.4) is 0 Å². The predicted octanol–water partition coefficient (Wildman–Crippen LogP) is 3.46. The largest absolute Gasteiger partial charge is 0.320 e. The molecule has 2 aromatic carbocycles. The fourth-order valence-corrected chi connectivity index (χ4v) is 3.28. The van der Waals surface area contributed by atoms with Crippen LogP contribution in [0.2, 0.25) is 0 Å². The van der Waals surface area contributed by atoms with Gasteiger partial charge in [0.1, 0.15) is 6.20 Å². The van der Waals surface area contributed by atoms with Crippen molar-refractivity contribution in [3.63, 3.8) is 0 Å². The van der Waals surface area contributed by atoms with Crippen molar-refractivity contribution < 1.29 is 9.72 Å². The van der Waals surface area contributed by atoms with Gasteiger partial charge in [-0.05, 0) is 23.3 Å². The second-order valence-corrected chi connectivity index (χ2v) is 6.44. The lowest BCUT2D eigenvalue weighted by molar-refractivity contribution is -0.385. The standard InChI is InChI=1S/C20H18N6O3/c1-2-25-19(17(12-21-25)26(28)29)20(27)22-18-10-11-24(23-18)13-15-8-5-7-14-6-3-4-9-16(14)15/h3-12H,2,13H2,1H3,(H,22,23,27). The number of fused-ring (bicyclic) bond motifs is 1. The number of rotatable bonds is 6. The van der Waals surface area contributed by atoms with E-state index in [-0.39, 0.29) is 11.4 Å². The Kier molecular flexibility index (Phi) is 4.78.